The number of likely N-dealkylation sites (tertiary alicyclic amines) is 2. The Morgan fingerprint density at radius 3 is 1.46 bits per heavy atom. The molecular weight excluding hydrogens is 929 g/mol. The zero-order chi connectivity index (χ0) is 48.2. The van der Waals surface area contributed by atoms with E-state index in [0.717, 1.165) is 12.1 Å². The number of sulfonamides is 2. The minimum atomic E-state index is -3.76. The molecule has 0 atom stereocenters. The summed E-state index contributed by atoms with van der Waals surface area (Å²) in [6.07, 6.45) is 8.30. The van der Waals surface area contributed by atoms with Gasteiger partial charge in [-0.25, -0.2) is 54.2 Å². The molecule has 4 aliphatic heterocycles. The number of benzene rings is 1. The molecule has 0 saturated carbocycles. The number of nitrogens with zero attached hydrogens (tertiary/aromatic N) is 9. The van der Waals surface area contributed by atoms with Crippen molar-refractivity contribution in [1.29, 1.82) is 0 Å². The SMILES string of the molecule is Cc1c(OC2CCN(C(=O)c3cc(CS(=O)(=O)N4CCC(Oc5ncnc(OC6CCN(C(=O)c7ccc(F)cc7F)CC6)c5C)CC4)ccn3)CC2)ncnc1OC1CCN(S(C)(=O)=O)CC1. The van der Waals surface area contributed by atoms with Crippen molar-refractivity contribution in [2.24, 2.45) is 0 Å². The largest absolute Gasteiger partial charge is 0.474 e. The van der Waals surface area contributed by atoms with Gasteiger partial charge in [0.2, 0.25) is 43.6 Å². The molecule has 4 aliphatic rings. The highest BCUT2D eigenvalue weighted by molar-refractivity contribution is 7.88. The Labute approximate surface area is 394 Å². The van der Waals surface area contributed by atoms with E-state index < -0.39 is 37.6 Å². The third kappa shape index (κ3) is 11.8. The average Bonchev–Trinajstić information content (AvgIpc) is 3.32. The molecule has 7 heterocycles. The molecule has 2 amide bonds. The van der Waals surface area contributed by atoms with E-state index in [-0.39, 0.29) is 60.4 Å². The summed E-state index contributed by atoms with van der Waals surface area (Å²) in [7, 11) is -7.01. The topological polar surface area (TPSA) is 217 Å². The van der Waals surface area contributed by atoms with Crippen molar-refractivity contribution < 1.29 is 54.2 Å². The van der Waals surface area contributed by atoms with Crippen molar-refractivity contribution >= 4 is 31.9 Å². The Kier molecular flexibility index (Phi) is 15.0. The molecule has 4 fully saturated rings. The number of hydrogen-bond donors (Lipinski definition) is 0. The lowest BCUT2D eigenvalue weighted by Crippen LogP contribution is -2.42. The van der Waals surface area contributed by atoms with Crippen LogP contribution in [0.5, 0.6) is 23.5 Å². The minimum Gasteiger partial charge on any atom is -0.474 e. The molecule has 68 heavy (non-hydrogen) atoms. The molecule has 8 rings (SSSR count). The standard InChI is InChI=1S/C45H55F2N9O10S2/c1-29-41(50-27-51-42(29)65-35-11-20-55(21-12-35)67(3,59)60)64-34-9-18-54(19-10-34)45(58)39-24-31(6-15-48-39)26-68(61,62)56-22-13-36(14-23-56)66-43-30(2)40(49-28-52-43)63-33-7-16-53(17-8-33)44(57)37-5-4-32(46)25-38(37)47/h4-6,15,24-25,27-28,33-36H,7-14,16-23,26H2,1-3H3. The fraction of sp³-hybridized carbons (Fsp3) is 0.533. The molecule has 3 aromatic heterocycles. The van der Waals surface area contributed by atoms with E-state index in [1.54, 1.807) is 17.9 Å². The molecule has 0 aliphatic carbocycles. The van der Waals surface area contributed by atoms with Crippen LogP contribution < -0.4 is 18.9 Å². The van der Waals surface area contributed by atoms with Gasteiger partial charge in [-0.05, 0) is 69.4 Å². The number of ether oxygens (including phenoxy) is 4. The Hall–Kier alpha value is -5.65. The molecule has 366 valence electrons. The van der Waals surface area contributed by atoms with Crippen molar-refractivity contribution in [3.8, 4) is 23.5 Å². The molecule has 0 N–H and O–H groups in total. The first-order chi connectivity index (χ1) is 32.5. The fourth-order valence-electron chi connectivity index (χ4n) is 8.79. The quantitative estimate of drug-likeness (QED) is 0.174. The van der Waals surface area contributed by atoms with Gasteiger partial charge in [0.15, 0.2) is 0 Å². The first-order valence-corrected chi connectivity index (χ1v) is 26.2. The van der Waals surface area contributed by atoms with Crippen molar-refractivity contribution in [3.05, 3.63) is 88.8 Å². The highest BCUT2D eigenvalue weighted by Gasteiger charge is 2.33. The summed E-state index contributed by atoms with van der Waals surface area (Å²) in [6, 6.07) is 6.03. The van der Waals surface area contributed by atoms with Crippen LogP contribution in [0.4, 0.5) is 8.78 Å². The van der Waals surface area contributed by atoms with Crippen LogP contribution in [0.3, 0.4) is 0 Å². The zero-order valence-electron chi connectivity index (χ0n) is 38.1. The molecular formula is C45H55F2N9O10S2. The number of carbonyl (C=O) groups excluding carboxylic acids is 2. The maximum atomic E-state index is 14.2. The van der Waals surface area contributed by atoms with Crippen molar-refractivity contribution in [3.63, 3.8) is 0 Å². The van der Waals surface area contributed by atoms with Gasteiger partial charge in [-0.1, -0.05) is 0 Å². The molecule has 0 spiro atoms. The summed E-state index contributed by atoms with van der Waals surface area (Å²) in [5.41, 5.74) is 1.64. The summed E-state index contributed by atoms with van der Waals surface area (Å²) in [6.45, 7) is 6.23. The normalized spacial score (nSPS) is 18.9. The fourth-order valence-corrected chi connectivity index (χ4v) is 11.2. The van der Waals surface area contributed by atoms with Crippen LogP contribution in [0.2, 0.25) is 0 Å². The van der Waals surface area contributed by atoms with Crippen molar-refractivity contribution in [1.82, 2.24) is 43.3 Å². The van der Waals surface area contributed by atoms with Gasteiger partial charge in [0.1, 0.15) is 54.4 Å². The Morgan fingerprint density at radius 1 is 0.588 bits per heavy atom. The van der Waals surface area contributed by atoms with Crippen molar-refractivity contribution in [2.75, 3.05) is 58.6 Å². The van der Waals surface area contributed by atoms with Crippen LogP contribution in [-0.4, -0.2) is 155 Å². The van der Waals surface area contributed by atoms with Gasteiger partial charge in [0, 0.05) is 90.3 Å². The lowest BCUT2D eigenvalue weighted by molar-refractivity contribution is 0.0570. The number of halogens is 2. The average molecular weight is 984 g/mol. The van der Waals surface area contributed by atoms with E-state index in [0.29, 0.717) is 137 Å². The molecule has 0 unspecified atom stereocenters. The van der Waals surface area contributed by atoms with Gasteiger partial charge in [-0.15, -0.1) is 0 Å². The third-order valence-corrected chi connectivity index (χ3v) is 15.9. The smallest absolute Gasteiger partial charge is 0.272 e. The van der Waals surface area contributed by atoms with Gasteiger partial charge in [0.05, 0.1) is 28.7 Å². The molecule has 0 radical (unpaired) electrons. The number of rotatable bonds is 14. The predicted molar refractivity (Wildman–Crippen MR) is 241 cm³/mol. The van der Waals surface area contributed by atoms with Crippen LogP contribution in [0.25, 0.3) is 0 Å². The predicted octanol–water partition coefficient (Wildman–Crippen LogP) is 4.10. The summed E-state index contributed by atoms with van der Waals surface area (Å²) in [5.74, 6) is -1.34. The number of carbonyl (C=O) groups is 2. The van der Waals surface area contributed by atoms with Gasteiger partial charge in [0.25, 0.3) is 11.8 Å². The van der Waals surface area contributed by atoms with Crippen LogP contribution in [0.15, 0.2) is 49.2 Å². The van der Waals surface area contributed by atoms with Crippen molar-refractivity contribution in [2.45, 2.75) is 95.4 Å². The van der Waals surface area contributed by atoms with Gasteiger partial charge >= 0.3 is 0 Å². The van der Waals surface area contributed by atoms with E-state index >= 15 is 0 Å². The summed E-state index contributed by atoms with van der Waals surface area (Å²) >= 11 is 0. The minimum absolute atomic E-state index is 0.155. The second-order valence-corrected chi connectivity index (χ2v) is 21.5. The lowest BCUT2D eigenvalue weighted by Gasteiger charge is -2.33. The van der Waals surface area contributed by atoms with E-state index in [2.05, 4.69) is 24.9 Å². The molecule has 19 nitrogen and oxygen atoms in total. The number of pyridine rings is 1. The second-order valence-electron chi connectivity index (χ2n) is 17.6. The number of amides is 2. The monoisotopic (exact) mass is 983 g/mol. The summed E-state index contributed by atoms with van der Waals surface area (Å²) in [4.78, 5) is 51.2. The maximum Gasteiger partial charge on any atom is 0.272 e. The van der Waals surface area contributed by atoms with E-state index in [9.17, 15) is 35.2 Å². The Balaban J connectivity index is 0.775. The van der Waals surface area contributed by atoms with Crippen LogP contribution in [0.1, 0.15) is 88.9 Å². The second kappa shape index (κ2) is 20.9. The first kappa shape index (κ1) is 48.8. The Morgan fingerprint density at radius 2 is 1.01 bits per heavy atom. The Bertz CT molecular complexity index is 2690. The van der Waals surface area contributed by atoms with Gasteiger partial charge in [-0.2, -0.15) is 0 Å². The number of hydrogen-bond acceptors (Lipinski definition) is 15. The maximum absolute atomic E-state index is 14.2. The molecule has 0 bridgehead atoms. The van der Waals surface area contributed by atoms with Gasteiger partial charge < -0.3 is 28.7 Å². The van der Waals surface area contributed by atoms with E-state index in [1.165, 1.54) is 44.7 Å². The highest BCUT2D eigenvalue weighted by Crippen LogP contribution is 2.31. The zero-order valence-corrected chi connectivity index (χ0v) is 39.8. The van der Waals surface area contributed by atoms with E-state index in [4.69, 9.17) is 18.9 Å². The van der Waals surface area contributed by atoms with E-state index in [1.807, 2.05) is 6.92 Å². The van der Waals surface area contributed by atoms with Gasteiger partial charge in [-0.3, -0.25) is 14.6 Å². The number of piperidine rings is 4. The number of aromatic nitrogens is 5. The molecule has 4 saturated heterocycles. The third-order valence-electron chi connectivity index (χ3n) is 12.8. The summed E-state index contributed by atoms with van der Waals surface area (Å²) < 4.78 is 106. The van der Waals surface area contributed by atoms with Crippen LogP contribution in [0, 0.1) is 25.5 Å². The highest BCUT2D eigenvalue weighted by atomic mass is 32.2. The summed E-state index contributed by atoms with van der Waals surface area (Å²) in [5, 5.41) is 0. The lowest BCUT2D eigenvalue weighted by atomic mass is 10.1. The molecule has 23 heteroatoms. The first-order valence-electron chi connectivity index (χ1n) is 22.7. The van der Waals surface area contributed by atoms with Crippen LogP contribution in [-0.2, 0) is 25.8 Å². The molecule has 4 aromatic rings. The molecule has 1 aromatic carbocycles. The van der Waals surface area contributed by atoms with Crippen LogP contribution >= 0.6 is 0 Å².